The number of halogens is 2. The maximum atomic E-state index is 12.9. The van der Waals surface area contributed by atoms with Crippen LogP contribution in [0.2, 0.25) is 0 Å². The highest BCUT2D eigenvalue weighted by Gasteiger charge is 2.01. The molecule has 0 aromatic heterocycles. The number of benzene rings is 1. The van der Waals surface area contributed by atoms with Crippen molar-refractivity contribution in [2.24, 2.45) is 0 Å². The van der Waals surface area contributed by atoms with Crippen LogP contribution in [0.5, 0.6) is 0 Å². The SMILES string of the molecule is CN([O-])Cc1cc(Br)ccc1F. The summed E-state index contributed by atoms with van der Waals surface area (Å²) in [7, 11) is 1.36. The molecule has 0 saturated heterocycles. The van der Waals surface area contributed by atoms with Crippen molar-refractivity contribution in [2.45, 2.75) is 6.54 Å². The highest BCUT2D eigenvalue weighted by atomic mass is 79.9. The van der Waals surface area contributed by atoms with Crippen LogP contribution >= 0.6 is 15.9 Å². The van der Waals surface area contributed by atoms with Crippen molar-refractivity contribution >= 4 is 15.9 Å². The Morgan fingerprint density at radius 2 is 2.25 bits per heavy atom. The van der Waals surface area contributed by atoms with Crippen molar-refractivity contribution < 1.29 is 4.39 Å². The minimum atomic E-state index is -0.346. The molecule has 4 heteroatoms. The van der Waals surface area contributed by atoms with Gasteiger partial charge in [-0.25, -0.2) is 4.39 Å². The zero-order valence-electron chi connectivity index (χ0n) is 6.55. The maximum absolute atomic E-state index is 12.9. The Bertz CT molecular complexity index is 278. The third kappa shape index (κ3) is 2.55. The summed E-state index contributed by atoms with van der Waals surface area (Å²) < 4.78 is 13.7. The minimum Gasteiger partial charge on any atom is -0.785 e. The highest BCUT2D eigenvalue weighted by Crippen LogP contribution is 2.16. The average Bonchev–Trinajstić information content (AvgIpc) is 1.96. The standard InChI is InChI=1S/C8H8BrFNO/c1-11(12)5-6-4-7(9)2-3-8(6)10/h2-4H,5H2,1H3/q-1. The summed E-state index contributed by atoms with van der Waals surface area (Å²) in [6, 6.07) is 4.54. The van der Waals surface area contributed by atoms with E-state index in [1.807, 2.05) is 0 Å². The molecule has 0 atom stereocenters. The van der Waals surface area contributed by atoms with Crippen LogP contribution in [0.15, 0.2) is 22.7 Å². The van der Waals surface area contributed by atoms with E-state index in [-0.39, 0.29) is 12.4 Å². The molecule has 2 nitrogen and oxygen atoms in total. The van der Waals surface area contributed by atoms with Crippen molar-refractivity contribution in [1.29, 1.82) is 0 Å². The molecule has 0 bridgehead atoms. The zero-order valence-corrected chi connectivity index (χ0v) is 8.14. The first-order valence-corrected chi connectivity index (χ1v) is 4.21. The summed E-state index contributed by atoms with van der Waals surface area (Å²) >= 11 is 3.20. The van der Waals surface area contributed by atoms with Gasteiger partial charge in [-0.2, -0.15) is 0 Å². The second kappa shape index (κ2) is 3.98. The van der Waals surface area contributed by atoms with Gasteiger partial charge < -0.3 is 10.3 Å². The van der Waals surface area contributed by atoms with Gasteiger partial charge in [-0.15, -0.1) is 0 Å². The molecule has 0 aliphatic heterocycles. The first kappa shape index (κ1) is 9.64. The number of hydrogen-bond acceptors (Lipinski definition) is 2. The molecule has 0 amide bonds. The lowest BCUT2D eigenvalue weighted by Gasteiger charge is -2.21. The lowest BCUT2D eigenvalue weighted by molar-refractivity contribution is 0.439. The normalized spacial score (nSPS) is 10.8. The highest BCUT2D eigenvalue weighted by molar-refractivity contribution is 9.10. The van der Waals surface area contributed by atoms with E-state index in [1.165, 1.54) is 13.1 Å². The van der Waals surface area contributed by atoms with Crippen LogP contribution in [0.3, 0.4) is 0 Å². The topological polar surface area (TPSA) is 26.3 Å². The first-order chi connectivity index (χ1) is 5.59. The van der Waals surface area contributed by atoms with E-state index in [4.69, 9.17) is 0 Å². The van der Waals surface area contributed by atoms with Crippen LogP contribution in [0, 0.1) is 11.0 Å². The second-order valence-corrected chi connectivity index (χ2v) is 3.44. The Balaban J connectivity index is 2.90. The van der Waals surface area contributed by atoms with Gasteiger partial charge in [0.25, 0.3) is 0 Å². The molecule has 1 rings (SSSR count). The quantitative estimate of drug-likeness (QED) is 0.733. The zero-order chi connectivity index (χ0) is 9.14. The van der Waals surface area contributed by atoms with Crippen molar-refractivity contribution in [2.75, 3.05) is 7.05 Å². The molecule has 0 N–H and O–H groups in total. The molecule has 1 aromatic rings. The largest absolute Gasteiger partial charge is 0.785 e. The number of rotatable bonds is 2. The molecule has 12 heavy (non-hydrogen) atoms. The van der Waals surface area contributed by atoms with E-state index in [2.05, 4.69) is 15.9 Å². The van der Waals surface area contributed by atoms with Crippen LogP contribution in [0.1, 0.15) is 5.56 Å². The molecule has 1 aromatic carbocycles. The van der Waals surface area contributed by atoms with Crippen molar-refractivity contribution in [1.82, 2.24) is 5.06 Å². The fourth-order valence-electron chi connectivity index (χ4n) is 0.904. The Labute approximate surface area is 78.7 Å². The summed E-state index contributed by atoms with van der Waals surface area (Å²) in [4.78, 5) is 0. The monoisotopic (exact) mass is 232 g/mol. The van der Waals surface area contributed by atoms with E-state index in [0.717, 1.165) is 4.47 Å². The molecule has 0 fully saturated rings. The number of hydrogen-bond donors (Lipinski definition) is 0. The molecule has 0 aliphatic carbocycles. The molecule has 0 spiro atoms. The Hall–Kier alpha value is -0.450. The van der Waals surface area contributed by atoms with Crippen LogP contribution in [0.25, 0.3) is 0 Å². The van der Waals surface area contributed by atoms with E-state index >= 15 is 0 Å². The van der Waals surface area contributed by atoms with Crippen LogP contribution in [0.4, 0.5) is 4.39 Å². The third-order valence-electron chi connectivity index (χ3n) is 1.40. The lowest BCUT2D eigenvalue weighted by Crippen LogP contribution is -2.09. The molecule has 0 heterocycles. The van der Waals surface area contributed by atoms with Crippen LogP contribution < -0.4 is 0 Å². The summed E-state index contributed by atoms with van der Waals surface area (Å²) in [5.74, 6) is -0.346. The Morgan fingerprint density at radius 1 is 1.58 bits per heavy atom. The second-order valence-electron chi connectivity index (χ2n) is 2.52. The predicted octanol–water partition coefficient (Wildman–Crippen LogP) is 2.52. The van der Waals surface area contributed by atoms with E-state index in [9.17, 15) is 9.60 Å². The molecule has 0 saturated carbocycles. The summed E-state index contributed by atoms with van der Waals surface area (Å²) in [5.41, 5.74) is 0.405. The van der Waals surface area contributed by atoms with Crippen molar-refractivity contribution in [3.63, 3.8) is 0 Å². The van der Waals surface area contributed by atoms with E-state index < -0.39 is 0 Å². The van der Waals surface area contributed by atoms with E-state index in [1.54, 1.807) is 12.1 Å². The number of nitrogens with zero attached hydrogens (tertiary/aromatic N) is 1. The van der Waals surface area contributed by atoms with Gasteiger partial charge in [0.2, 0.25) is 0 Å². The average molecular weight is 233 g/mol. The smallest absolute Gasteiger partial charge is 0.127 e. The summed E-state index contributed by atoms with van der Waals surface area (Å²) in [6.07, 6.45) is 0. The molecular formula is C8H8BrFNO-. The Kier molecular flexibility index (Phi) is 3.20. The van der Waals surface area contributed by atoms with Gasteiger partial charge in [0, 0.05) is 16.6 Å². The van der Waals surface area contributed by atoms with Crippen molar-refractivity contribution in [3.05, 3.63) is 39.3 Å². The van der Waals surface area contributed by atoms with Crippen LogP contribution in [-0.2, 0) is 6.54 Å². The first-order valence-electron chi connectivity index (χ1n) is 3.42. The van der Waals surface area contributed by atoms with Gasteiger partial charge in [-0.3, -0.25) is 0 Å². The van der Waals surface area contributed by atoms with Crippen LogP contribution in [-0.4, -0.2) is 12.1 Å². The van der Waals surface area contributed by atoms with Gasteiger partial charge in [-0.05, 0) is 25.2 Å². The fraction of sp³-hybridized carbons (Fsp3) is 0.250. The third-order valence-corrected chi connectivity index (χ3v) is 1.89. The van der Waals surface area contributed by atoms with Crippen molar-refractivity contribution in [3.8, 4) is 0 Å². The predicted molar refractivity (Wildman–Crippen MR) is 48.9 cm³/mol. The molecule has 0 unspecified atom stereocenters. The number of hydroxylamine groups is 2. The van der Waals surface area contributed by atoms with Gasteiger partial charge in [-0.1, -0.05) is 15.9 Å². The van der Waals surface area contributed by atoms with E-state index in [0.29, 0.717) is 10.6 Å². The van der Waals surface area contributed by atoms with Gasteiger partial charge in [0.15, 0.2) is 0 Å². The fourth-order valence-corrected chi connectivity index (χ4v) is 1.31. The summed E-state index contributed by atoms with van der Waals surface area (Å²) in [6.45, 7) is 0.0747. The van der Waals surface area contributed by atoms with Gasteiger partial charge in [0.1, 0.15) is 5.82 Å². The van der Waals surface area contributed by atoms with Gasteiger partial charge >= 0.3 is 0 Å². The summed E-state index contributed by atoms with van der Waals surface area (Å²) in [5, 5.41) is 11.3. The maximum Gasteiger partial charge on any atom is 0.127 e. The Morgan fingerprint density at radius 3 is 2.83 bits per heavy atom. The molecule has 0 radical (unpaired) electrons. The minimum absolute atomic E-state index is 0.0747. The lowest BCUT2D eigenvalue weighted by atomic mass is 10.2. The molecule has 0 aliphatic rings. The molecule has 66 valence electrons. The molecular weight excluding hydrogens is 225 g/mol. The van der Waals surface area contributed by atoms with Gasteiger partial charge in [0.05, 0.1) is 0 Å².